The summed E-state index contributed by atoms with van der Waals surface area (Å²) in [5, 5.41) is 13.0. The maximum absolute atomic E-state index is 12.5. The molecule has 7 heteroatoms. The lowest BCUT2D eigenvalue weighted by atomic mass is 9.77. The Balaban J connectivity index is 2.43. The monoisotopic (exact) mass is 365 g/mol. The molecule has 1 aromatic heterocycles. The largest absolute Gasteiger partial charge is 0.460 e. The van der Waals surface area contributed by atoms with Crippen molar-refractivity contribution in [3.8, 4) is 0 Å². The zero-order valence-corrected chi connectivity index (χ0v) is 15.7. The fourth-order valence-electron chi connectivity index (χ4n) is 3.13. The molecule has 0 aliphatic heterocycles. The van der Waals surface area contributed by atoms with Crippen LogP contribution in [-0.4, -0.2) is 28.8 Å². The number of esters is 1. The second-order valence-corrected chi connectivity index (χ2v) is 8.21. The number of ketones is 1. The summed E-state index contributed by atoms with van der Waals surface area (Å²) in [6.07, 6.45) is 0.592. The summed E-state index contributed by atoms with van der Waals surface area (Å²) >= 11 is 1.38. The number of hydrogen-bond donors (Lipinski definition) is 0. The molecule has 0 amide bonds. The zero-order valence-electron chi connectivity index (χ0n) is 14.9. The number of carbonyl (C=O) groups is 2. The highest BCUT2D eigenvalue weighted by molar-refractivity contribution is 7.10. The quantitative estimate of drug-likeness (QED) is 0.451. The van der Waals surface area contributed by atoms with Crippen LogP contribution in [0.4, 0.5) is 0 Å². The lowest BCUT2D eigenvalue weighted by Crippen LogP contribution is -2.34. The van der Waals surface area contributed by atoms with Crippen LogP contribution >= 0.6 is 11.3 Å². The number of thiophene rings is 1. The van der Waals surface area contributed by atoms with Gasteiger partial charge in [0.15, 0.2) is 5.78 Å². The second kappa shape index (κ2) is 7.47. The van der Waals surface area contributed by atoms with Crippen LogP contribution in [0.3, 0.4) is 0 Å². The van der Waals surface area contributed by atoms with Crippen molar-refractivity contribution in [2.45, 2.75) is 52.1 Å². The van der Waals surface area contributed by atoms with Crippen molar-refractivity contribution in [1.29, 1.82) is 0 Å². The van der Waals surface area contributed by atoms with Crippen molar-refractivity contribution in [1.82, 2.24) is 0 Å². The molecule has 0 bridgehead atoms. The van der Waals surface area contributed by atoms with Gasteiger partial charge in [0.05, 0.1) is 11.8 Å². The highest BCUT2D eigenvalue weighted by Crippen LogP contribution is 2.39. The molecule has 0 aromatic carbocycles. The Bertz CT molecular complexity index is 700. The number of Topliss-reactive ketones (excluding diaryl/α,β-unsaturated/α-hetero) is 1. The Morgan fingerprint density at radius 2 is 2.16 bits per heavy atom. The first-order chi connectivity index (χ1) is 11.6. The molecule has 1 aromatic rings. The van der Waals surface area contributed by atoms with Gasteiger partial charge in [-0.05, 0) is 45.6 Å². The summed E-state index contributed by atoms with van der Waals surface area (Å²) in [5.74, 6) is -1.63. The molecule has 136 valence electrons. The van der Waals surface area contributed by atoms with Crippen LogP contribution in [0, 0.1) is 16.0 Å². The predicted octanol–water partition coefficient (Wildman–Crippen LogP) is 3.75. The van der Waals surface area contributed by atoms with E-state index in [2.05, 4.69) is 0 Å². The molecule has 0 fully saturated rings. The molecule has 1 heterocycles. The number of carbonyl (C=O) groups excluding carboxylic acids is 2. The third-order valence-electron chi connectivity index (χ3n) is 4.17. The third kappa shape index (κ3) is 4.75. The number of nitrogens with zero attached hydrogens (tertiary/aromatic N) is 1. The summed E-state index contributed by atoms with van der Waals surface area (Å²) in [6.45, 7) is 6.74. The Morgan fingerprint density at radius 1 is 1.48 bits per heavy atom. The lowest BCUT2D eigenvalue weighted by Gasteiger charge is -2.30. The summed E-state index contributed by atoms with van der Waals surface area (Å²) < 4.78 is 5.47. The molecule has 2 rings (SSSR count). The molecule has 0 radical (unpaired) electrons. The smallest absolute Gasteiger partial charge is 0.313 e. The Labute approximate surface area is 151 Å². The standard InChI is InChI=1S/C18H23NO5S/c1-11-12(17(21)24-18(2,3)4)7-8-14(20)16(11)13(10-19(22)23)15-6-5-9-25-15/h5-6,9,12-13H,7-8,10H2,1-4H3/t12-,13-/m0/s1. The molecular formula is C18H23NO5S. The Morgan fingerprint density at radius 3 is 2.68 bits per heavy atom. The van der Waals surface area contributed by atoms with Gasteiger partial charge in [-0.2, -0.15) is 0 Å². The van der Waals surface area contributed by atoms with Crippen LogP contribution in [0.15, 0.2) is 28.7 Å². The normalized spacial score (nSPS) is 19.7. The van der Waals surface area contributed by atoms with E-state index in [1.54, 1.807) is 33.8 Å². The van der Waals surface area contributed by atoms with Crippen LogP contribution in [0.25, 0.3) is 0 Å². The summed E-state index contributed by atoms with van der Waals surface area (Å²) in [6, 6.07) is 3.60. The molecule has 0 saturated carbocycles. The maximum Gasteiger partial charge on any atom is 0.313 e. The van der Waals surface area contributed by atoms with Crippen molar-refractivity contribution >= 4 is 23.1 Å². The number of hydrogen-bond acceptors (Lipinski definition) is 6. The van der Waals surface area contributed by atoms with E-state index in [9.17, 15) is 19.7 Å². The van der Waals surface area contributed by atoms with E-state index in [1.807, 2.05) is 11.4 Å². The van der Waals surface area contributed by atoms with Crippen molar-refractivity contribution in [2.75, 3.05) is 6.54 Å². The van der Waals surface area contributed by atoms with Gasteiger partial charge >= 0.3 is 5.97 Å². The maximum atomic E-state index is 12.5. The Kier molecular flexibility index (Phi) is 5.77. The van der Waals surface area contributed by atoms with E-state index in [0.717, 1.165) is 4.88 Å². The van der Waals surface area contributed by atoms with Crippen LogP contribution < -0.4 is 0 Å². The minimum atomic E-state index is -0.618. The van der Waals surface area contributed by atoms with Gasteiger partial charge in [0.1, 0.15) is 5.60 Å². The first-order valence-corrected chi connectivity index (χ1v) is 9.10. The molecule has 25 heavy (non-hydrogen) atoms. The second-order valence-electron chi connectivity index (χ2n) is 7.23. The topological polar surface area (TPSA) is 86.5 Å². The molecule has 6 nitrogen and oxygen atoms in total. The van der Waals surface area contributed by atoms with Gasteiger partial charge in [0.2, 0.25) is 6.54 Å². The van der Waals surface area contributed by atoms with Crippen molar-refractivity contribution in [2.24, 2.45) is 5.92 Å². The molecular weight excluding hydrogens is 342 g/mol. The fraction of sp³-hybridized carbons (Fsp3) is 0.556. The van der Waals surface area contributed by atoms with Gasteiger partial charge in [-0.1, -0.05) is 11.6 Å². The molecule has 0 N–H and O–H groups in total. The molecule has 0 spiro atoms. The molecule has 1 aliphatic rings. The van der Waals surface area contributed by atoms with Crippen LogP contribution in [0.1, 0.15) is 51.3 Å². The average molecular weight is 365 g/mol. The van der Waals surface area contributed by atoms with E-state index in [-0.39, 0.29) is 24.7 Å². The molecule has 0 unspecified atom stereocenters. The minimum absolute atomic E-state index is 0.113. The van der Waals surface area contributed by atoms with E-state index in [1.165, 1.54) is 11.3 Å². The SMILES string of the molecule is CC1=C([C@@H](C[N+](=O)[O-])c2cccs2)C(=O)CC[C@@H]1C(=O)OC(C)(C)C. The minimum Gasteiger partial charge on any atom is -0.460 e. The van der Waals surface area contributed by atoms with Crippen molar-refractivity contribution in [3.63, 3.8) is 0 Å². The zero-order chi connectivity index (χ0) is 18.8. The first-order valence-electron chi connectivity index (χ1n) is 8.22. The number of nitro groups is 1. The van der Waals surface area contributed by atoms with Gasteiger partial charge < -0.3 is 4.74 Å². The van der Waals surface area contributed by atoms with E-state index < -0.39 is 22.4 Å². The Hall–Kier alpha value is -2.02. The number of ether oxygens (including phenoxy) is 1. The van der Waals surface area contributed by atoms with E-state index in [4.69, 9.17) is 4.74 Å². The summed E-state index contributed by atoms with van der Waals surface area (Å²) in [5.41, 5.74) is 0.388. The van der Waals surface area contributed by atoms with Crippen LogP contribution in [0.2, 0.25) is 0 Å². The van der Waals surface area contributed by atoms with Gasteiger partial charge in [0.25, 0.3) is 0 Å². The summed E-state index contributed by atoms with van der Waals surface area (Å²) in [4.78, 5) is 36.6. The first kappa shape index (κ1) is 19.3. The van der Waals surface area contributed by atoms with Crippen LogP contribution in [-0.2, 0) is 14.3 Å². The highest BCUT2D eigenvalue weighted by Gasteiger charge is 2.38. The summed E-state index contributed by atoms with van der Waals surface area (Å²) in [7, 11) is 0. The third-order valence-corrected chi connectivity index (χ3v) is 5.15. The fourth-order valence-corrected chi connectivity index (χ4v) is 3.96. The lowest BCUT2D eigenvalue weighted by molar-refractivity contribution is -0.481. The van der Waals surface area contributed by atoms with E-state index in [0.29, 0.717) is 17.6 Å². The molecule has 1 aliphatic carbocycles. The van der Waals surface area contributed by atoms with Crippen molar-refractivity contribution < 1.29 is 19.2 Å². The predicted molar refractivity (Wildman–Crippen MR) is 95.2 cm³/mol. The molecule has 0 saturated heterocycles. The van der Waals surface area contributed by atoms with Crippen molar-refractivity contribution in [3.05, 3.63) is 43.7 Å². The van der Waals surface area contributed by atoms with E-state index >= 15 is 0 Å². The molecule has 2 atom stereocenters. The highest BCUT2D eigenvalue weighted by atomic mass is 32.1. The van der Waals surface area contributed by atoms with Gasteiger partial charge in [0, 0.05) is 21.8 Å². The number of rotatable bonds is 5. The van der Waals surface area contributed by atoms with Gasteiger partial charge in [-0.15, -0.1) is 11.3 Å². The van der Waals surface area contributed by atoms with Crippen LogP contribution in [0.5, 0.6) is 0 Å². The van der Waals surface area contributed by atoms with Gasteiger partial charge in [-0.3, -0.25) is 19.7 Å². The van der Waals surface area contributed by atoms with Gasteiger partial charge in [-0.25, -0.2) is 0 Å². The average Bonchev–Trinajstić information content (AvgIpc) is 2.97.